The van der Waals surface area contributed by atoms with Gasteiger partial charge in [-0.3, -0.25) is 9.48 Å². The van der Waals surface area contributed by atoms with Crippen molar-refractivity contribution in [3.63, 3.8) is 0 Å². The molecule has 1 atom stereocenters. The molecule has 20 heavy (non-hydrogen) atoms. The molecule has 3 heterocycles. The smallest absolute Gasteiger partial charge is 0.224 e. The predicted octanol–water partition coefficient (Wildman–Crippen LogP) is 1.42. The Morgan fingerprint density at radius 2 is 2.20 bits per heavy atom. The molecule has 0 spiro atoms. The highest BCUT2D eigenvalue weighted by Crippen LogP contribution is 2.23. The van der Waals surface area contributed by atoms with Gasteiger partial charge in [-0.2, -0.15) is 5.10 Å². The Balaban J connectivity index is 1.53. The molecule has 2 aromatic heterocycles. The largest absolute Gasteiger partial charge is 0.338 e. The highest BCUT2D eigenvalue weighted by atomic mass is 16.2. The lowest BCUT2D eigenvalue weighted by molar-refractivity contribution is -0.137. The van der Waals surface area contributed by atoms with E-state index in [1.54, 1.807) is 12.4 Å². The van der Waals surface area contributed by atoms with Crippen molar-refractivity contribution in [3.8, 4) is 0 Å². The van der Waals surface area contributed by atoms with Gasteiger partial charge in [0.1, 0.15) is 5.82 Å². The second kappa shape index (κ2) is 5.11. The number of aryl methyl sites for hydroxylation is 1. The van der Waals surface area contributed by atoms with Gasteiger partial charge in [-0.1, -0.05) is 0 Å². The average Bonchev–Trinajstić information content (AvgIpc) is 2.98. The Hall–Kier alpha value is -2.11. The Morgan fingerprint density at radius 1 is 1.40 bits per heavy atom. The summed E-state index contributed by atoms with van der Waals surface area (Å²) in [6.07, 6.45) is 7.94. The molecular weight excluding hydrogens is 254 g/mol. The van der Waals surface area contributed by atoms with Crippen molar-refractivity contribution in [3.05, 3.63) is 36.7 Å². The number of amides is 1. The molecule has 1 saturated heterocycles. The topological polar surface area (TPSA) is 56.0 Å². The minimum Gasteiger partial charge on any atom is -0.338 e. The Bertz CT molecular complexity index is 582. The van der Waals surface area contributed by atoms with E-state index in [1.807, 2.05) is 39.5 Å². The van der Waals surface area contributed by atoms with Crippen LogP contribution in [0.1, 0.15) is 31.3 Å². The van der Waals surface area contributed by atoms with Crippen LogP contribution in [0.2, 0.25) is 0 Å². The summed E-state index contributed by atoms with van der Waals surface area (Å²) in [5, 5.41) is 4.21. The number of carbonyl (C=O) groups excluding carboxylic acids is 1. The van der Waals surface area contributed by atoms with E-state index in [0.29, 0.717) is 12.5 Å². The molecule has 1 aliphatic heterocycles. The van der Waals surface area contributed by atoms with E-state index in [-0.39, 0.29) is 11.9 Å². The fraction of sp³-hybridized carbons (Fsp3) is 0.500. The Labute approximate surface area is 118 Å². The first-order valence-corrected chi connectivity index (χ1v) is 6.91. The van der Waals surface area contributed by atoms with E-state index in [2.05, 4.69) is 17.0 Å². The third-order valence-corrected chi connectivity index (χ3v) is 3.92. The number of likely N-dealkylation sites (tertiary alicyclic amines) is 1. The lowest BCUT2D eigenvalue weighted by Gasteiger charge is -2.39. The molecule has 3 rings (SSSR count). The number of aromatic nitrogens is 4. The molecule has 0 aliphatic carbocycles. The fourth-order valence-corrected chi connectivity index (χ4v) is 2.66. The normalized spacial score (nSPS) is 17.0. The zero-order valence-corrected chi connectivity index (χ0v) is 11.8. The number of imidazole rings is 1. The molecule has 6 heteroatoms. The quantitative estimate of drug-likeness (QED) is 0.846. The van der Waals surface area contributed by atoms with Crippen molar-refractivity contribution in [2.75, 3.05) is 13.1 Å². The van der Waals surface area contributed by atoms with E-state index in [0.717, 1.165) is 18.9 Å². The molecule has 0 aromatic carbocycles. The van der Waals surface area contributed by atoms with Crippen molar-refractivity contribution in [2.45, 2.75) is 32.4 Å². The molecule has 0 radical (unpaired) electrons. The Morgan fingerprint density at radius 3 is 2.80 bits per heavy atom. The van der Waals surface area contributed by atoms with Gasteiger partial charge < -0.3 is 9.47 Å². The molecule has 1 amide bonds. The number of hydrogen-bond acceptors (Lipinski definition) is 3. The summed E-state index contributed by atoms with van der Waals surface area (Å²) in [4.78, 5) is 18.3. The molecule has 2 aromatic rings. The van der Waals surface area contributed by atoms with Crippen LogP contribution in [0.25, 0.3) is 0 Å². The first-order valence-electron chi connectivity index (χ1n) is 6.91. The zero-order chi connectivity index (χ0) is 14.1. The first kappa shape index (κ1) is 12.9. The van der Waals surface area contributed by atoms with Gasteiger partial charge in [0.2, 0.25) is 5.91 Å². The van der Waals surface area contributed by atoms with Crippen LogP contribution in [0.3, 0.4) is 0 Å². The second-order valence-corrected chi connectivity index (χ2v) is 5.37. The van der Waals surface area contributed by atoms with Crippen LogP contribution in [0.5, 0.6) is 0 Å². The lowest BCUT2D eigenvalue weighted by atomic mass is 10.1. The molecule has 0 saturated carbocycles. The highest BCUT2D eigenvalue weighted by Gasteiger charge is 2.32. The van der Waals surface area contributed by atoms with Gasteiger partial charge >= 0.3 is 0 Å². The summed E-state index contributed by atoms with van der Waals surface area (Å²) in [6, 6.07) is 2.39. The lowest BCUT2D eigenvalue weighted by Crippen LogP contribution is -2.51. The minimum atomic E-state index is 0.147. The van der Waals surface area contributed by atoms with Crippen LogP contribution in [0, 0.1) is 6.92 Å². The van der Waals surface area contributed by atoms with E-state index in [9.17, 15) is 4.79 Å². The third-order valence-electron chi connectivity index (χ3n) is 3.92. The van der Waals surface area contributed by atoms with Crippen LogP contribution in [0.15, 0.2) is 30.9 Å². The van der Waals surface area contributed by atoms with Gasteiger partial charge in [0.25, 0.3) is 0 Å². The zero-order valence-electron chi connectivity index (χ0n) is 11.8. The second-order valence-electron chi connectivity index (χ2n) is 5.37. The maximum atomic E-state index is 12.2. The monoisotopic (exact) mass is 273 g/mol. The summed E-state index contributed by atoms with van der Waals surface area (Å²) in [6.45, 7) is 5.53. The SMILES string of the molecule is Cc1nccn1[C@H](C)CC(=O)N1CC(n2cccn2)C1. The van der Waals surface area contributed by atoms with Gasteiger partial charge in [-0.15, -0.1) is 0 Å². The Kier molecular flexibility index (Phi) is 3.30. The van der Waals surface area contributed by atoms with Crippen LogP contribution in [0.4, 0.5) is 0 Å². The van der Waals surface area contributed by atoms with Gasteiger partial charge in [0, 0.05) is 50.3 Å². The summed E-state index contributed by atoms with van der Waals surface area (Å²) in [5.74, 6) is 1.15. The molecule has 6 nitrogen and oxygen atoms in total. The molecule has 0 N–H and O–H groups in total. The molecule has 1 aliphatic rings. The molecule has 0 bridgehead atoms. The minimum absolute atomic E-state index is 0.147. The summed E-state index contributed by atoms with van der Waals surface area (Å²) >= 11 is 0. The molecule has 0 unspecified atom stereocenters. The summed E-state index contributed by atoms with van der Waals surface area (Å²) in [7, 11) is 0. The number of rotatable bonds is 4. The summed E-state index contributed by atoms with van der Waals surface area (Å²) in [5.41, 5.74) is 0. The van der Waals surface area contributed by atoms with Crippen LogP contribution >= 0.6 is 0 Å². The molecule has 106 valence electrons. The third kappa shape index (κ3) is 2.33. The molecular formula is C14H19N5O. The van der Waals surface area contributed by atoms with Crippen molar-refractivity contribution in [1.82, 2.24) is 24.2 Å². The van der Waals surface area contributed by atoms with Crippen molar-refractivity contribution in [2.24, 2.45) is 0 Å². The van der Waals surface area contributed by atoms with E-state index in [1.165, 1.54) is 0 Å². The van der Waals surface area contributed by atoms with Crippen LogP contribution in [-0.4, -0.2) is 43.2 Å². The van der Waals surface area contributed by atoms with Gasteiger partial charge in [0.15, 0.2) is 0 Å². The van der Waals surface area contributed by atoms with Gasteiger partial charge in [0.05, 0.1) is 6.04 Å². The van der Waals surface area contributed by atoms with Crippen molar-refractivity contribution < 1.29 is 4.79 Å². The first-order chi connectivity index (χ1) is 9.65. The highest BCUT2D eigenvalue weighted by molar-refractivity contribution is 5.77. The van der Waals surface area contributed by atoms with Crippen LogP contribution < -0.4 is 0 Å². The standard InChI is InChI=1S/C14H19N5O/c1-11(18-7-5-15-12(18)2)8-14(20)17-9-13(10-17)19-6-3-4-16-19/h3-7,11,13H,8-10H2,1-2H3/t11-/m1/s1. The molecule has 1 fully saturated rings. The predicted molar refractivity (Wildman–Crippen MR) is 74.1 cm³/mol. The maximum absolute atomic E-state index is 12.2. The van der Waals surface area contributed by atoms with E-state index < -0.39 is 0 Å². The van der Waals surface area contributed by atoms with E-state index >= 15 is 0 Å². The number of nitrogens with zero attached hydrogens (tertiary/aromatic N) is 5. The fourth-order valence-electron chi connectivity index (χ4n) is 2.66. The van der Waals surface area contributed by atoms with E-state index in [4.69, 9.17) is 0 Å². The van der Waals surface area contributed by atoms with Crippen molar-refractivity contribution >= 4 is 5.91 Å². The number of carbonyl (C=O) groups is 1. The van der Waals surface area contributed by atoms with Gasteiger partial charge in [-0.05, 0) is 19.9 Å². The van der Waals surface area contributed by atoms with Crippen molar-refractivity contribution in [1.29, 1.82) is 0 Å². The average molecular weight is 273 g/mol. The number of hydrogen-bond donors (Lipinski definition) is 0. The maximum Gasteiger partial charge on any atom is 0.224 e. The summed E-state index contributed by atoms with van der Waals surface area (Å²) < 4.78 is 3.97. The van der Waals surface area contributed by atoms with Gasteiger partial charge in [-0.25, -0.2) is 4.98 Å². The van der Waals surface area contributed by atoms with Crippen LogP contribution in [-0.2, 0) is 4.79 Å².